The van der Waals surface area contributed by atoms with Crippen LogP contribution < -0.4 is 5.32 Å². The molecule has 39 heavy (non-hydrogen) atoms. The van der Waals surface area contributed by atoms with Crippen LogP contribution in [-0.2, 0) is 4.79 Å². The Morgan fingerprint density at radius 3 is 1.62 bits per heavy atom. The summed E-state index contributed by atoms with van der Waals surface area (Å²) in [7, 11) is 0. The SMILES string of the molecule is CCCCCC/C=C/CC/C=C/CCCC(O)C(O)C(CO)NC(=O)C(O)CCCCCCCCCCCC. The molecule has 0 aromatic heterocycles. The summed E-state index contributed by atoms with van der Waals surface area (Å²) in [5.41, 5.74) is 0. The molecule has 4 unspecified atom stereocenters. The molecule has 0 rings (SSSR count). The van der Waals surface area contributed by atoms with Crippen LogP contribution in [0.3, 0.4) is 0 Å². The van der Waals surface area contributed by atoms with E-state index in [0.717, 1.165) is 44.9 Å². The molecule has 0 fully saturated rings. The van der Waals surface area contributed by atoms with Gasteiger partial charge in [0.2, 0.25) is 5.91 Å². The van der Waals surface area contributed by atoms with Gasteiger partial charge in [-0.3, -0.25) is 4.79 Å². The van der Waals surface area contributed by atoms with Crippen LogP contribution in [0.4, 0.5) is 0 Å². The normalized spacial score (nSPS) is 15.1. The van der Waals surface area contributed by atoms with E-state index in [4.69, 9.17) is 0 Å². The summed E-state index contributed by atoms with van der Waals surface area (Å²) in [6.07, 6.45) is 27.7. The van der Waals surface area contributed by atoms with Gasteiger partial charge in [-0.1, -0.05) is 122 Å². The number of unbranched alkanes of at least 4 members (excludes halogenated alkanes) is 15. The number of nitrogens with one attached hydrogen (secondary N) is 1. The standard InChI is InChI=1S/C33H63NO5/c1-3-5-7-9-11-13-15-16-17-19-20-22-24-26-30(36)32(38)29(28-35)34-33(39)31(37)27-25-23-21-18-14-12-10-8-6-4-2/h13,15,19-20,29-32,35-38H,3-12,14,16-18,21-28H2,1-2H3,(H,34,39)/b15-13+,20-19+. The van der Waals surface area contributed by atoms with Crippen LogP contribution in [0.5, 0.6) is 0 Å². The van der Waals surface area contributed by atoms with Crippen molar-refractivity contribution in [1.29, 1.82) is 0 Å². The average Bonchev–Trinajstić information content (AvgIpc) is 2.94. The molecule has 0 bridgehead atoms. The Bertz CT molecular complexity index is 595. The second-order valence-electron chi connectivity index (χ2n) is 11.1. The van der Waals surface area contributed by atoms with Crippen molar-refractivity contribution < 1.29 is 25.2 Å². The van der Waals surface area contributed by atoms with Gasteiger partial charge in [-0.2, -0.15) is 0 Å². The van der Waals surface area contributed by atoms with Gasteiger partial charge in [-0.05, 0) is 51.4 Å². The second-order valence-corrected chi connectivity index (χ2v) is 11.1. The zero-order valence-electron chi connectivity index (χ0n) is 25.4. The van der Waals surface area contributed by atoms with Gasteiger partial charge in [0.15, 0.2) is 0 Å². The summed E-state index contributed by atoms with van der Waals surface area (Å²) < 4.78 is 0. The van der Waals surface area contributed by atoms with Crippen molar-refractivity contribution in [2.24, 2.45) is 0 Å². The molecule has 6 heteroatoms. The number of amides is 1. The number of aliphatic hydroxyl groups is 4. The van der Waals surface area contributed by atoms with Crippen LogP contribution in [0.1, 0.15) is 149 Å². The van der Waals surface area contributed by atoms with Gasteiger partial charge >= 0.3 is 0 Å². The summed E-state index contributed by atoms with van der Waals surface area (Å²) in [5.74, 6) is -0.603. The lowest BCUT2D eigenvalue weighted by Crippen LogP contribution is -2.53. The number of aliphatic hydroxyl groups excluding tert-OH is 4. The van der Waals surface area contributed by atoms with E-state index >= 15 is 0 Å². The maximum atomic E-state index is 12.3. The topological polar surface area (TPSA) is 110 Å². The molecule has 0 aromatic carbocycles. The number of carbonyl (C=O) groups excluding carboxylic acids is 1. The Hall–Kier alpha value is -1.21. The molecule has 0 aliphatic carbocycles. The molecule has 0 heterocycles. The van der Waals surface area contributed by atoms with Crippen molar-refractivity contribution >= 4 is 5.91 Å². The zero-order chi connectivity index (χ0) is 29.0. The Labute approximate surface area is 240 Å². The minimum Gasteiger partial charge on any atom is -0.394 e. The summed E-state index contributed by atoms with van der Waals surface area (Å²) in [4.78, 5) is 12.3. The Morgan fingerprint density at radius 2 is 1.08 bits per heavy atom. The Morgan fingerprint density at radius 1 is 0.615 bits per heavy atom. The number of hydrogen-bond acceptors (Lipinski definition) is 5. The van der Waals surface area contributed by atoms with E-state index < -0.39 is 36.9 Å². The van der Waals surface area contributed by atoms with E-state index in [1.165, 1.54) is 70.6 Å². The van der Waals surface area contributed by atoms with Gasteiger partial charge in [0.1, 0.15) is 12.2 Å². The quantitative estimate of drug-likeness (QED) is 0.0535. The molecule has 0 aliphatic heterocycles. The highest BCUT2D eigenvalue weighted by molar-refractivity contribution is 5.80. The van der Waals surface area contributed by atoms with Crippen LogP contribution in [-0.4, -0.2) is 57.3 Å². The van der Waals surface area contributed by atoms with Gasteiger partial charge in [0.25, 0.3) is 0 Å². The molecular weight excluding hydrogens is 490 g/mol. The molecule has 1 amide bonds. The lowest BCUT2D eigenvalue weighted by Gasteiger charge is -2.27. The second kappa shape index (κ2) is 28.3. The fourth-order valence-electron chi connectivity index (χ4n) is 4.71. The van der Waals surface area contributed by atoms with E-state index in [-0.39, 0.29) is 0 Å². The molecule has 6 nitrogen and oxygen atoms in total. The van der Waals surface area contributed by atoms with Crippen molar-refractivity contribution in [3.8, 4) is 0 Å². The first-order valence-corrected chi connectivity index (χ1v) is 16.2. The van der Waals surface area contributed by atoms with E-state index in [2.05, 4.69) is 43.5 Å². The number of hydrogen-bond donors (Lipinski definition) is 5. The maximum Gasteiger partial charge on any atom is 0.249 e. The lowest BCUT2D eigenvalue weighted by molar-refractivity contribution is -0.132. The van der Waals surface area contributed by atoms with Gasteiger partial charge in [0, 0.05) is 0 Å². The van der Waals surface area contributed by atoms with Gasteiger partial charge in [-0.25, -0.2) is 0 Å². The average molecular weight is 554 g/mol. The highest BCUT2D eigenvalue weighted by atomic mass is 16.3. The van der Waals surface area contributed by atoms with Crippen LogP contribution in [0.25, 0.3) is 0 Å². The highest BCUT2D eigenvalue weighted by Crippen LogP contribution is 2.13. The summed E-state index contributed by atoms with van der Waals surface area (Å²) in [6.45, 7) is 3.95. The maximum absolute atomic E-state index is 12.3. The molecular formula is C33H63NO5. The molecule has 4 atom stereocenters. The van der Waals surface area contributed by atoms with Crippen LogP contribution >= 0.6 is 0 Å². The molecule has 5 N–H and O–H groups in total. The van der Waals surface area contributed by atoms with E-state index in [0.29, 0.717) is 19.3 Å². The fraction of sp³-hybridized carbons (Fsp3) is 0.848. The molecule has 0 saturated carbocycles. The van der Waals surface area contributed by atoms with Crippen LogP contribution in [0.15, 0.2) is 24.3 Å². The van der Waals surface area contributed by atoms with E-state index in [1.54, 1.807) is 0 Å². The summed E-state index contributed by atoms with van der Waals surface area (Å²) in [5, 5.41) is 43.1. The molecule has 0 spiro atoms. The van der Waals surface area contributed by atoms with E-state index in [9.17, 15) is 25.2 Å². The van der Waals surface area contributed by atoms with Crippen molar-refractivity contribution in [1.82, 2.24) is 5.32 Å². The third kappa shape index (κ3) is 23.2. The summed E-state index contributed by atoms with van der Waals surface area (Å²) >= 11 is 0. The van der Waals surface area contributed by atoms with Gasteiger partial charge in [0.05, 0.1) is 18.8 Å². The predicted octanol–water partition coefficient (Wildman–Crippen LogP) is 6.89. The van der Waals surface area contributed by atoms with Crippen molar-refractivity contribution in [3.63, 3.8) is 0 Å². The van der Waals surface area contributed by atoms with E-state index in [1.807, 2.05) is 0 Å². The fourth-order valence-corrected chi connectivity index (χ4v) is 4.71. The van der Waals surface area contributed by atoms with Crippen molar-refractivity contribution in [3.05, 3.63) is 24.3 Å². The molecule has 0 radical (unpaired) electrons. The van der Waals surface area contributed by atoms with Crippen molar-refractivity contribution in [2.75, 3.05) is 6.61 Å². The minimum atomic E-state index is -1.28. The lowest BCUT2D eigenvalue weighted by atomic mass is 10.00. The highest BCUT2D eigenvalue weighted by Gasteiger charge is 2.28. The van der Waals surface area contributed by atoms with Crippen molar-refractivity contribution in [2.45, 2.75) is 173 Å². The molecule has 230 valence electrons. The molecule has 0 aliphatic rings. The first kappa shape index (κ1) is 37.8. The summed E-state index contributed by atoms with van der Waals surface area (Å²) in [6, 6.07) is -1.00. The van der Waals surface area contributed by atoms with Gasteiger partial charge < -0.3 is 25.7 Å². The monoisotopic (exact) mass is 553 g/mol. The molecule has 0 saturated heterocycles. The number of carbonyl (C=O) groups is 1. The third-order valence-electron chi connectivity index (χ3n) is 7.39. The minimum absolute atomic E-state index is 0.361. The number of allylic oxidation sites excluding steroid dienone is 4. The first-order valence-electron chi connectivity index (χ1n) is 16.2. The largest absolute Gasteiger partial charge is 0.394 e. The van der Waals surface area contributed by atoms with Gasteiger partial charge in [-0.15, -0.1) is 0 Å². The zero-order valence-corrected chi connectivity index (χ0v) is 25.4. The smallest absolute Gasteiger partial charge is 0.249 e. The predicted molar refractivity (Wildman–Crippen MR) is 164 cm³/mol. The van der Waals surface area contributed by atoms with Crippen LogP contribution in [0, 0.1) is 0 Å². The number of rotatable bonds is 28. The first-order chi connectivity index (χ1) is 19.0. The van der Waals surface area contributed by atoms with Crippen LogP contribution in [0.2, 0.25) is 0 Å². The third-order valence-corrected chi connectivity index (χ3v) is 7.39. The molecule has 0 aromatic rings. The Balaban J connectivity index is 3.97. The Kier molecular flexibility index (Phi) is 27.4.